The van der Waals surface area contributed by atoms with Gasteiger partial charge in [0.25, 0.3) is 5.91 Å². The van der Waals surface area contributed by atoms with E-state index in [4.69, 9.17) is 19.3 Å². The number of carboxylic acid groups (broad SMARTS) is 1. The standard InChI is InChI=1S/C30H33NO9.C5H11N/c1-18(24(33)31-22-9-7-20(8-10-22)25(34)35)6-5-14-28(3)23-13-16-29(27(37)40-28)15-11-21(26(36)38-4)12-17-30(23,29)39-19(2)32;1-2-4-6-5-3-1/h5-11,14,23H,12-13,15-17H2,1-4H3,(H,31,33)(H,34,35);6H,1-5H2/b14-5+,18-6+;/t23-,28+,29+,30-;/m0./s1. The molecule has 248 valence electrons. The second kappa shape index (κ2) is 14.5. The van der Waals surface area contributed by atoms with Crippen molar-refractivity contribution in [2.45, 2.75) is 83.3 Å². The van der Waals surface area contributed by atoms with Gasteiger partial charge in [-0.15, -0.1) is 0 Å². The van der Waals surface area contributed by atoms with E-state index >= 15 is 0 Å². The first-order valence-corrected chi connectivity index (χ1v) is 15.8. The SMILES string of the molecule is C1CCNCC1.COC(=O)C1=CC[C@@]23CC[C@@H]([C@@](C)(/C=C/C=C(\C)C(=O)Nc4ccc(C(=O)O)cc4)OC2=O)[C@@]3(OC(C)=O)CC1. The van der Waals surface area contributed by atoms with Gasteiger partial charge in [0, 0.05) is 29.7 Å². The van der Waals surface area contributed by atoms with Crippen molar-refractivity contribution in [1.82, 2.24) is 5.32 Å². The number of carboxylic acids is 1. The van der Waals surface area contributed by atoms with Gasteiger partial charge in [-0.25, -0.2) is 9.59 Å². The van der Waals surface area contributed by atoms with Crippen molar-refractivity contribution >= 4 is 35.5 Å². The summed E-state index contributed by atoms with van der Waals surface area (Å²) in [6.45, 7) is 7.20. The van der Waals surface area contributed by atoms with E-state index in [0.717, 1.165) is 0 Å². The number of methoxy groups -OCH3 is 1. The summed E-state index contributed by atoms with van der Waals surface area (Å²) in [5.74, 6) is -3.30. The molecule has 5 rings (SSSR count). The third-order valence-electron chi connectivity index (χ3n) is 9.59. The van der Waals surface area contributed by atoms with Crippen molar-refractivity contribution in [2.24, 2.45) is 11.3 Å². The van der Waals surface area contributed by atoms with Gasteiger partial charge in [-0.3, -0.25) is 14.4 Å². The van der Waals surface area contributed by atoms with Gasteiger partial charge in [-0.1, -0.05) is 24.6 Å². The number of carbonyl (C=O) groups excluding carboxylic acids is 4. The Labute approximate surface area is 269 Å². The zero-order valence-corrected chi connectivity index (χ0v) is 27.0. The molecule has 46 heavy (non-hydrogen) atoms. The van der Waals surface area contributed by atoms with Gasteiger partial charge in [0.05, 0.1) is 12.7 Å². The molecule has 0 spiro atoms. The van der Waals surface area contributed by atoms with E-state index in [1.165, 1.54) is 70.7 Å². The third-order valence-corrected chi connectivity index (χ3v) is 9.59. The van der Waals surface area contributed by atoms with Crippen molar-refractivity contribution in [3.8, 4) is 0 Å². The minimum atomic E-state index is -1.17. The quantitative estimate of drug-likeness (QED) is 0.163. The number of allylic oxidation sites excluding steroid dienone is 3. The van der Waals surface area contributed by atoms with E-state index in [2.05, 4.69) is 10.6 Å². The predicted molar refractivity (Wildman–Crippen MR) is 170 cm³/mol. The number of carbonyl (C=O) groups is 5. The molecule has 1 aromatic carbocycles. The number of ether oxygens (including phenoxy) is 3. The Hall–Kier alpha value is -4.25. The van der Waals surface area contributed by atoms with Gasteiger partial charge < -0.3 is 30.0 Å². The lowest BCUT2D eigenvalue weighted by Gasteiger charge is -2.54. The molecule has 1 aromatic rings. The molecule has 1 saturated carbocycles. The fraction of sp³-hybridized carbons (Fsp3) is 0.514. The highest BCUT2D eigenvalue weighted by Gasteiger charge is 2.74. The lowest BCUT2D eigenvalue weighted by Crippen LogP contribution is -2.65. The molecular weight excluding hydrogens is 592 g/mol. The summed E-state index contributed by atoms with van der Waals surface area (Å²) in [5.41, 5.74) is -2.05. The molecule has 2 saturated heterocycles. The maximum absolute atomic E-state index is 13.7. The van der Waals surface area contributed by atoms with Crippen LogP contribution in [0.25, 0.3) is 0 Å². The molecule has 4 aliphatic rings. The van der Waals surface area contributed by atoms with Crippen LogP contribution in [0, 0.1) is 11.3 Å². The summed E-state index contributed by atoms with van der Waals surface area (Å²) in [5, 5.41) is 15.0. The predicted octanol–water partition coefficient (Wildman–Crippen LogP) is 4.88. The van der Waals surface area contributed by atoms with Gasteiger partial charge in [0.15, 0.2) is 0 Å². The summed E-state index contributed by atoms with van der Waals surface area (Å²) in [7, 11) is 1.30. The molecule has 0 radical (unpaired) electrons. The number of esters is 3. The van der Waals surface area contributed by atoms with E-state index in [9.17, 15) is 24.0 Å². The maximum atomic E-state index is 13.7. The van der Waals surface area contributed by atoms with E-state index in [0.29, 0.717) is 29.7 Å². The Morgan fingerprint density at radius 2 is 1.76 bits per heavy atom. The normalized spacial score (nSPS) is 28.8. The van der Waals surface area contributed by atoms with Gasteiger partial charge in [0.1, 0.15) is 16.6 Å². The monoisotopic (exact) mass is 636 g/mol. The second-order valence-corrected chi connectivity index (χ2v) is 12.5. The van der Waals surface area contributed by atoms with Crippen LogP contribution < -0.4 is 10.6 Å². The first-order valence-electron chi connectivity index (χ1n) is 15.8. The summed E-state index contributed by atoms with van der Waals surface area (Å²) >= 11 is 0. The van der Waals surface area contributed by atoms with Crippen molar-refractivity contribution in [3.63, 3.8) is 0 Å². The third kappa shape index (κ3) is 7.09. The minimum Gasteiger partial charge on any atom is -0.478 e. The van der Waals surface area contributed by atoms with Crippen LogP contribution in [0.1, 0.15) is 82.5 Å². The van der Waals surface area contributed by atoms with Gasteiger partial charge in [-0.05, 0) is 102 Å². The van der Waals surface area contributed by atoms with Gasteiger partial charge >= 0.3 is 23.9 Å². The average Bonchev–Trinajstić information content (AvgIpc) is 3.18. The van der Waals surface area contributed by atoms with Gasteiger partial charge in [0.2, 0.25) is 0 Å². The first-order chi connectivity index (χ1) is 21.9. The van der Waals surface area contributed by atoms with Crippen LogP contribution in [0.3, 0.4) is 0 Å². The molecule has 11 heteroatoms. The van der Waals surface area contributed by atoms with E-state index in [-0.39, 0.29) is 36.7 Å². The smallest absolute Gasteiger partial charge is 0.335 e. The number of piperidine rings is 1. The van der Waals surface area contributed by atoms with E-state index in [1.807, 2.05) is 0 Å². The number of rotatable bonds is 7. The molecule has 3 fully saturated rings. The van der Waals surface area contributed by atoms with Crippen LogP contribution >= 0.6 is 0 Å². The number of amides is 1. The number of hydrogen-bond acceptors (Lipinski definition) is 9. The highest BCUT2D eigenvalue weighted by atomic mass is 16.6. The second-order valence-electron chi connectivity index (χ2n) is 12.5. The summed E-state index contributed by atoms with van der Waals surface area (Å²) in [6.07, 6.45) is 12.6. The first kappa shape index (κ1) is 34.6. The minimum absolute atomic E-state index is 0.108. The molecule has 2 heterocycles. The summed E-state index contributed by atoms with van der Waals surface area (Å²) < 4.78 is 17.0. The van der Waals surface area contributed by atoms with Crippen molar-refractivity contribution in [1.29, 1.82) is 0 Å². The molecule has 0 unspecified atom stereocenters. The van der Waals surface area contributed by atoms with Crippen molar-refractivity contribution in [3.05, 3.63) is 65.3 Å². The number of cyclic esters (lactones) is 1. The largest absolute Gasteiger partial charge is 0.478 e. The van der Waals surface area contributed by atoms with Gasteiger partial charge in [-0.2, -0.15) is 0 Å². The zero-order valence-electron chi connectivity index (χ0n) is 27.0. The van der Waals surface area contributed by atoms with E-state index in [1.54, 1.807) is 38.2 Å². The summed E-state index contributed by atoms with van der Waals surface area (Å²) in [6, 6.07) is 5.79. The average molecular weight is 637 g/mol. The van der Waals surface area contributed by atoms with E-state index < -0.39 is 40.5 Å². The van der Waals surface area contributed by atoms with Crippen molar-refractivity contribution < 1.29 is 43.3 Å². The maximum Gasteiger partial charge on any atom is 0.335 e. The Morgan fingerprint density at radius 3 is 2.33 bits per heavy atom. The molecule has 2 aliphatic heterocycles. The van der Waals surface area contributed by atoms with Crippen LogP contribution in [-0.4, -0.2) is 66.3 Å². The van der Waals surface area contributed by atoms with Crippen LogP contribution in [0.15, 0.2) is 59.7 Å². The number of aromatic carboxylic acids is 1. The molecule has 2 bridgehead atoms. The molecule has 0 aromatic heterocycles. The molecule has 1 amide bonds. The Bertz CT molecular complexity index is 1430. The number of nitrogens with one attached hydrogen (secondary N) is 2. The highest BCUT2D eigenvalue weighted by molar-refractivity contribution is 6.03. The number of anilines is 1. The number of hydrogen-bond donors (Lipinski definition) is 3. The molecule has 11 nitrogen and oxygen atoms in total. The van der Waals surface area contributed by atoms with Crippen LogP contribution in [0.4, 0.5) is 5.69 Å². The topological polar surface area (TPSA) is 157 Å². The highest BCUT2D eigenvalue weighted by Crippen LogP contribution is 2.65. The van der Waals surface area contributed by atoms with Crippen LogP contribution in [-0.2, 0) is 33.4 Å². The summed E-state index contributed by atoms with van der Waals surface area (Å²) in [4.78, 5) is 62.0. The van der Waals surface area contributed by atoms with Crippen molar-refractivity contribution in [2.75, 3.05) is 25.5 Å². The van der Waals surface area contributed by atoms with Crippen LogP contribution in [0.2, 0.25) is 0 Å². The molecule has 2 aliphatic carbocycles. The number of benzene rings is 1. The Balaban J connectivity index is 0.000000717. The Morgan fingerprint density at radius 1 is 1.07 bits per heavy atom. The lowest BCUT2D eigenvalue weighted by atomic mass is 9.62. The Kier molecular flexibility index (Phi) is 10.9. The van der Waals surface area contributed by atoms with Crippen LogP contribution in [0.5, 0.6) is 0 Å². The molecule has 3 N–H and O–H groups in total. The fourth-order valence-electron chi connectivity index (χ4n) is 7.18. The lowest BCUT2D eigenvalue weighted by molar-refractivity contribution is -0.235. The zero-order chi connectivity index (χ0) is 33.5. The molecular formula is C35H44N2O9. The fourth-order valence-corrected chi connectivity index (χ4v) is 7.18. The molecule has 4 atom stereocenters.